The minimum absolute atomic E-state index is 0.0658. The second kappa shape index (κ2) is 5.66. The Kier molecular flexibility index (Phi) is 3.90. The number of benzene rings is 2. The third-order valence-electron chi connectivity index (χ3n) is 4.08. The van der Waals surface area contributed by atoms with E-state index in [0.29, 0.717) is 5.92 Å². The van der Waals surface area contributed by atoms with Gasteiger partial charge in [-0.3, -0.25) is 0 Å². The molecule has 0 bridgehead atoms. The molecular formula is C17H17BrFN. The number of hydrogen-bond acceptors (Lipinski definition) is 1. The lowest BCUT2D eigenvalue weighted by Crippen LogP contribution is -2.32. The molecule has 2 N–H and O–H groups in total. The summed E-state index contributed by atoms with van der Waals surface area (Å²) in [6.45, 7) is 0. The summed E-state index contributed by atoms with van der Waals surface area (Å²) < 4.78 is 14.2. The van der Waals surface area contributed by atoms with Gasteiger partial charge in [0.1, 0.15) is 5.82 Å². The molecular weight excluding hydrogens is 317 g/mol. The lowest BCUT2D eigenvalue weighted by atomic mass is 9.92. The van der Waals surface area contributed by atoms with Crippen LogP contribution in [0.2, 0.25) is 0 Å². The molecule has 2 aromatic carbocycles. The van der Waals surface area contributed by atoms with Crippen LogP contribution in [0.4, 0.5) is 4.39 Å². The highest BCUT2D eigenvalue weighted by atomic mass is 79.9. The molecule has 2 aromatic rings. The molecule has 20 heavy (non-hydrogen) atoms. The Morgan fingerprint density at radius 1 is 1.15 bits per heavy atom. The molecule has 0 saturated carbocycles. The first-order chi connectivity index (χ1) is 9.61. The average Bonchev–Trinajstić information content (AvgIpc) is 2.81. The van der Waals surface area contributed by atoms with E-state index in [1.165, 1.54) is 17.2 Å². The monoisotopic (exact) mass is 333 g/mol. The zero-order chi connectivity index (χ0) is 14.1. The van der Waals surface area contributed by atoms with E-state index in [9.17, 15) is 4.39 Å². The van der Waals surface area contributed by atoms with Crippen molar-refractivity contribution in [2.75, 3.05) is 0 Å². The molecule has 1 unspecified atom stereocenters. The summed E-state index contributed by atoms with van der Waals surface area (Å²) in [5, 5.41) is 0. The first kappa shape index (κ1) is 13.8. The van der Waals surface area contributed by atoms with Gasteiger partial charge in [0.2, 0.25) is 0 Å². The molecule has 3 rings (SSSR count). The van der Waals surface area contributed by atoms with Crippen LogP contribution in [-0.4, -0.2) is 6.04 Å². The maximum atomic E-state index is 13.4. The molecule has 104 valence electrons. The molecule has 0 amide bonds. The average molecular weight is 334 g/mol. The lowest BCUT2D eigenvalue weighted by Gasteiger charge is -2.19. The first-order valence-electron chi connectivity index (χ1n) is 6.89. The van der Waals surface area contributed by atoms with Crippen LogP contribution in [0.5, 0.6) is 0 Å². The molecule has 0 radical (unpaired) electrons. The molecule has 0 aromatic heterocycles. The van der Waals surface area contributed by atoms with Crippen LogP contribution in [0, 0.1) is 11.7 Å². The van der Waals surface area contributed by atoms with Crippen molar-refractivity contribution in [1.29, 1.82) is 0 Å². The van der Waals surface area contributed by atoms with E-state index in [0.717, 1.165) is 29.3 Å². The number of fused-ring (bicyclic) bond motifs is 1. The summed E-state index contributed by atoms with van der Waals surface area (Å²) in [6.07, 6.45) is 2.79. The molecule has 0 fully saturated rings. The van der Waals surface area contributed by atoms with Crippen molar-refractivity contribution in [3.8, 4) is 0 Å². The Morgan fingerprint density at radius 3 is 2.40 bits per heavy atom. The van der Waals surface area contributed by atoms with E-state index < -0.39 is 0 Å². The fourth-order valence-electron chi connectivity index (χ4n) is 3.06. The number of halogens is 2. The molecule has 3 heteroatoms. The molecule has 0 aliphatic heterocycles. The van der Waals surface area contributed by atoms with Gasteiger partial charge in [-0.15, -0.1) is 0 Å². The minimum Gasteiger partial charge on any atom is -0.327 e. The highest BCUT2D eigenvalue weighted by molar-refractivity contribution is 9.10. The summed E-state index contributed by atoms with van der Waals surface area (Å²) in [5.41, 5.74) is 10.1. The molecule has 1 aliphatic rings. The molecule has 1 atom stereocenters. The van der Waals surface area contributed by atoms with Gasteiger partial charge in [0, 0.05) is 10.5 Å². The fraction of sp³-hybridized carbons (Fsp3) is 0.294. The second-order valence-corrected chi connectivity index (χ2v) is 6.50. The Bertz CT molecular complexity index is 581. The summed E-state index contributed by atoms with van der Waals surface area (Å²) in [7, 11) is 0. The van der Waals surface area contributed by atoms with Crippen molar-refractivity contribution in [3.05, 3.63) is 69.4 Å². The lowest BCUT2D eigenvalue weighted by molar-refractivity contribution is 0.436. The van der Waals surface area contributed by atoms with Crippen LogP contribution in [0.3, 0.4) is 0 Å². The van der Waals surface area contributed by atoms with E-state index in [2.05, 4.69) is 40.2 Å². The molecule has 1 aliphatic carbocycles. The van der Waals surface area contributed by atoms with Crippen LogP contribution < -0.4 is 5.73 Å². The Hall–Kier alpha value is -1.19. The predicted octanol–water partition coefficient (Wildman–Crippen LogP) is 3.87. The molecule has 0 spiro atoms. The Balaban J connectivity index is 1.70. The Morgan fingerprint density at radius 2 is 1.80 bits per heavy atom. The summed E-state index contributed by atoms with van der Waals surface area (Å²) in [4.78, 5) is 0. The van der Waals surface area contributed by atoms with Gasteiger partial charge < -0.3 is 5.73 Å². The fourth-order valence-corrected chi connectivity index (χ4v) is 3.58. The van der Waals surface area contributed by atoms with Crippen molar-refractivity contribution in [2.24, 2.45) is 11.7 Å². The number of hydrogen-bond donors (Lipinski definition) is 1. The third-order valence-corrected chi connectivity index (χ3v) is 4.54. The van der Waals surface area contributed by atoms with Crippen LogP contribution in [0.1, 0.15) is 16.7 Å². The van der Waals surface area contributed by atoms with E-state index in [1.807, 2.05) is 6.07 Å². The summed E-state index contributed by atoms with van der Waals surface area (Å²) >= 11 is 3.33. The van der Waals surface area contributed by atoms with Gasteiger partial charge >= 0.3 is 0 Å². The summed E-state index contributed by atoms with van der Waals surface area (Å²) in [5.74, 6) is 0.241. The smallest absolute Gasteiger partial charge is 0.124 e. The third kappa shape index (κ3) is 2.94. The van der Waals surface area contributed by atoms with E-state index in [1.54, 1.807) is 6.07 Å². The highest BCUT2D eigenvalue weighted by Crippen LogP contribution is 2.29. The zero-order valence-corrected chi connectivity index (χ0v) is 12.7. The van der Waals surface area contributed by atoms with Crippen LogP contribution in [0.25, 0.3) is 0 Å². The first-order valence-corrected chi connectivity index (χ1v) is 7.68. The van der Waals surface area contributed by atoms with Crippen molar-refractivity contribution in [2.45, 2.75) is 25.3 Å². The quantitative estimate of drug-likeness (QED) is 0.906. The highest BCUT2D eigenvalue weighted by Gasteiger charge is 2.26. The van der Waals surface area contributed by atoms with Crippen molar-refractivity contribution >= 4 is 15.9 Å². The van der Waals surface area contributed by atoms with Gasteiger partial charge in [0.15, 0.2) is 0 Å². The van der Waals surface area contributed by atoms with Crippen molar-refractivity contribution in [3.63, 3.8) is 0 Å². The second-order valence-electron chi connectivity index (χ2n) is 5.58. The summed E-state index contributed by atoms with van der Waals surface area (Å²) in [6, 6.07) is 13.6. The predicted molar refractivity (Wildman–Crippen MR) is 83.1 cm³/mol. The number of rotatable bonds is 3. The Labute approximate surface area is 127 Å². The SMILES string of the molecule is NC(Cc1cc(F)cc(Br)c1)C1Cc2ccccc2C1. The van der Waals surface area contributed by atoms with Gasteiger partial charge in [-0.2, -0.15) is 0 Å². The van der Waals surface area contributed by atoms with Crippen LogP contribution >= 0.6 is 15.9 Å². The topological polar surface area (TPSA) is 26.0 Å². The molecule has 0 heterocycles. The van der Waals surface area contributed by atoms with Gasteiger partial charge in [-0.25, -0.2) is 4.39 Å². The largest absolute Gasteiger partial charge is 0.327 e. The van der Waals surface area contributed by atoms with E-state index in [-0.39, 0.29) is 11.9 Å². The number of nitrogens with two attached hydrogens (primary N) is 1. The maximum Gasteiger partial charge on any atom is 0.124 e. The normalized spacial score (nSPS) is 16.1. The van der Waals surface area contributed by atoms with Crippen molar-refractivity contribution in [1.82, 2.24) is 0 Å². The van der Waals surface area contributed by atoms with E-state index in [4.69, 9.17) is 5.73 Å². The van der Waals surface area contributed by atoms with Gasteiger partial charge in [-0.05, 0) is 60.1 Å². The maximum absolute atomic E-state index is 13.4. The zero-order valence-electron chi connectivity index (χ0n) is 11.2. The molecule has 1 nitrogen and oxygen atoms in total. The van der Waals surface area contributed by atoms with Gasteiger partial charge in [0.05, 0.1) is 0 Å². The standard InChI is InChI=1S/C17H17BrFN/c18-15-5-11(6-16(19)10-15)7-17(20)14-8-12-3-1-2-4-13(12)9-14/h1-6,10,14,17H,7-9,20H2. The van der Waals surface area contributed by atoms with Crippen molar-refractivity contribution < 1.29 is 4.39 Å². The van der Waals surface area contributed by atoms with E-state index >= 15 is 0 Å². The minimum atomic E-state index is -0.212. The molecule has 0 saturated heterocycles. The van der Waals surface area contributed by atoms with Gasteiger partial charge in [0.25, 0.3) is 0 Å². The van der Waals surface area contributed by atoms with Crippen LogP contribution in [0.15, 0.2) is 46.9 Å². The van der Waals surface area contributed by atoms with Crippen LogP contribution in [-0.2, 0) is 19.3 Å². The van der Waals surface area contributed by atoms with Gasteiger partial charge in [-0.1, -0.05) is 40.2 Å².